The Kier molecular flexibility index (Phi) is 4.09. The van der Waals surface area contributed by atoms with Crippen molar-refractivity contribution >= 4 is 5.91 Å². The van der Waals surface area contributed by atoms with Crippen LogP contribution < -0.4 is 5.32 Å². The number of rotatable bonds is 4. The molecule has 128 valence electrons. The molecule has 25 heavy (non-hydrogen) atoms. The third kappa shape index (κ3) is 3.07. The molecule has 0 atom stereocenters. The Morgan fingerprint density at radius 3 is 2.64 bits per heavy atom. The molecule has 1 aliphatic rings. The van der Waals surface area contributed by atoms with Gasteiger partial charge in [-0.1, -0.05) is 18.9 Å². The fourth-order valence-electron chi connectivity index (χ4n) is 3.36. The zero-order chi connectivity index (χ0) is 17.2. The minimum absolute atomic E-state index is 0.141. The van der Waals surface area contributed by atoms with E-state index in [4.69, 9.17) is 0 Å². The highest BCUT2D eigenvalue weighted by atomic mass is 19.1. The van der Waals surface area contributed by atoms with E-state index in [9.17, 15) is 9.18 Å². The van der Waals surface area contributed by atoms with Gasteiger partial charge in [-0.3, -0.25) is 4.79 Å². The van der Waals surface area contributed by atoms with E-state index in [-0.39, 0.29) is 17.8 Å². The molecule has 0 radical (unpaired) electrons. The van der Waals surface area contributed by atoms with Gasteiger partial charge in [0.25, 0.3) is 5.91 Å². The van der Waals surface area contributed by atoms with Gasteiger partial charge in [0.15, 0.2) is 5.82 Å². The van der Waals surface area contributed by atoms with Gasteiger partial charge < -0.3 is 9.88 Å². The van der Waals surface area contributed by atoms with E-state index in [2.05, 4.69) is 10.4 Å². The van der Waals surface area contributed by atoms with Gasteiger partial charge in [-0.25, -0.2) is 9.07 Å². The first-order valence-corrected chi connectivity index (χ1v) is 8.50. The van der Waals surface area contributed by atoms with Crippen LogP contribution in [0.5, 0.6) is 0 Å². The molecule has 6 heteroatoms. The summed E-state index contributed by atoms with van der Waals surface area (Å²) in [6.07, 6.45) is 9.57. The van der Waals surface area contributed by atoms with E-state index in [1.165, 1.54) is 12.1 Å². The lowest BCUT2D eigenvalue weighted by Gasteiger charge is -2.14. The van der Waals surface area contributed by atoms with E-state index in [0.717, 1.165) is 25.7 Å². The van der Waals surface area contributed by atoms with E-state index < -0.39 is 0 Å². The molecule has 0 unspecified atom stereocenters. The van der Waals surface area contributed by atoms with Crippen LogP contribution in [0.3, 0.4) is 0 Å². The van der Waals surface area contributed by atoms with Crippen molar-refractivity contribution in [3.05, 3.63) is 66.4 Å². The van der Waals surface area contributed by atoms with Crippen molar-refractivity contribution in [3.63, 3.8) is 0 Å². The summed E-state index contributed by atoms with van der Waals surface area (Å²) in [5.41, 5.74) is 1.05. The highest BCUT2D eigenvalue weighted by Gasteiger charge is 2.23. The quantitative estimate of drug-likeness (QED) is 0.792. The SMILES string of the molecule is O=C(NC1CCCC1)c1cnn(-c2cccc(F)c2)c1-n1cccc1. The van der Waals surface area contributed by atoms with Gasteiger partial charge in [-0.05, 0) is 43.2 Å². The summed E-state index contributed by atoms with van der Waals surface area (Å²) in [7, 11) is 0. The second-order valence-corrected chi connectivity index (χ2v) is 6.32. The average Bonchev–Trinajstić information content (AvgIpc) is 3.35. The van der Waals surface area contributed by atoms with Gasteiger partial charge in [0.1, 0.15) is 11.4 Å². The third-order valence-electron chi connectivity index (χ3n) is 4.58. The van der Waals surface area contributed by atoms with E-state index in [0.29, 0.717) is 17.1 Å². The second-order valence-electron chi connectivity index (χ2n) is 6.32. The monoisotopic (exact) mass is 338 g/mol. The summed E-state index contributed by atoms with van der Waals surface area (Å²) in [4.78, 5) is 12.8. The highest BCUT2D eigenvalue weighted by molar-refractivity contribution is 5.97. The third-order valence-corrected chi connectivity index (χ3v) is 4.58. The summed E-state index contributed by atoms with van der Waals surface area (Å²) < 4.78 is 17.0. The first-order chi connectivity index (χ1) is 12.2. The van der Waals surface area contributed by atoms with Crippen LogP contribution in [0.25, 0.3) is 11.5 Å². The highest BCUT2D eigenvalue weighted by Crippen LogP contribution is 2.22. The summed E-state index contributed by atoms with van der Waals surface area (Å²) in [5, 5.41) is 7.44. The summed E-state index contributed by atoms with van der Waals surface area (Å²) in [6, 6.07) is 10.2. The number of carbonyl (C=O) groups is 1. The van der Waals surface area contributed by atoms with Gasteiger partial charge in [0, 0.05) is 18.4 Å². The zero-order valence-electron chi connectivity index (χ0n) is 13.7. The van der Waals surface area contributed by atoms with Crippen LogP contribution in [0.1, 0.15) is 36.0 Å². The van der Waals surface area contributed by atoms with Gasteiger partial charge in [-0.15, -0.1) is 0 Å². The molecule has 1 saturated carbocycles. The molecule has 0 spiro atoms. The van der Waals surface area contributed by atoms with Crippen molar-refractivity contribution < 1.29 is 9.18 Å². The predicted molar refractivity (Wildman–Crippen MR) is 92.6 cm³/mol. The molecule has 1 N–H and O–H groups in total. The number of nitrogens with one attached hydrogen (secondary N) is 1. The minimum Gasteiger partial charge on any atom is -0.349 e. The van der Waals surface area contributed by atoms with Crippen molar-refractivity contribution in [1.29, 1.82) is 0 Å². The van der Waals surface area contributed by atoms with Crippen molar-refractivity contribution in [1.82, 2.24) is 19.7 Å². The maximum atomic E-state index is 13.6. The fourth-order valence-corrected chi connectivity index (χ4v) is 3.36. The molecule has 1 fully saturated rings. The Balaban J connectivity index is 1.76. The molecule has 2 heterocycles. The fraction of sp³-hybridized carbons (Fsp3) is 0.263. The van der Waals surface area contributed by atoms with E-state index in [1.54, 1.807) is 23.0 Å². The Hall–Kier alpha value is -2.89. The lowest BCUT2D eigenvalue weighted by molar-refractivity contribution is 0.0938. The van der Waals surface area contributed by atoms with Crippen LogP contribution in [-0.4, -0.2) is 26.3 Å². The Labute approximate surface area is 145 Å². The Morgan fingerprint density at radius 2 is 1.92 bits per heavy atom. The van der Waals surface area contributed by atoms with Crippen LogP contribution in [0, 0.1) is 5.82 Å². The Morgan fingerprint density at radius 1 is 1.16 bits per heavy atom. The van der Waals surface area contributed by atoms with Crippen LogP contribution >= 0.6 is 0 Å². The molecular formula is C19H19FN4O. The minimum atomic E-state index is -0.344. The number of amides is 1. The lowest BCUT2D eigenvalue weighted by atomic mass is 10.2. The molecular weight excluding hydrogens is 319 g/mol. The molecule has 0 saturated heterocycles. The number of aromatic nitrogens is 3. The number of benzene rings is 1. The number of hydrogen-bond acceptors (Lipinski definition) is 2. The number of carbonyl (C=O) groups excluding carboxylic acids is 1. The first kappa shape index (κ1) is 15.6. The number of nitrogens with zero attached hydrogens (tertiary/aromatic N) is 3. The lowest BCUT2D eigenvalue weighted by Crippen LogP contribution is -2.33. The number of hydrogen-bond donors (Lipinski definition) is 1. The van der Waals surface area contributed by atoms with Crippen LogP contribution in [0.4, 0.5) is 4.39 Å². The molecule has 1 aromatic carbocycles. The summed E-state index contributed by atoms with van der Waals surface area (Å²) in [5.74, 6) is 0.118. The Bertz CT molecular complexity index is 879. The van der Waals surface area contributed by atoms with Crippen LogP contribution in [0.15, 0.2) is 55.0 Å². The molecule has 5 nitrogen and oxygen atoms in total. The maximum absolute atomic E-state index is 13.6. The largest absolute Gasteiger partial charge is 0.349 e. The van der Waals surface area contributed by atoms with Crippen LogP contribution in [-0.2, 0) is 0 Å². The van der Waals surface area contributed by atoms with Crippen molar-refractivity contribution in [2.75, 3.05) is 0 Å². The maximum Gasteiger partial charge on any atom is 0.256 e. The van der Waals surface area contributed by atoms with Gasteiger partial charge in [-0.2, -0.15) is 5.10 Å². The first-order valence-electron chi connectivity index (χ1n) is 8.50. The van der Waals surface area contributed by atoms with E-state index in [1.807, 2.05) is 29.1 Å². The van der Waals surface area contributed by atoms with Gasteiger partial charge in [0.2, 0.25) is 0 Å². The standard InChI is InChI=1S/C19H19FN4O/c20-14-6-5-9-16(12-14)24-19(23-10-3-4-11-23)17(13-21-24)18(25)22-15-7-1-2-8-15/h3-6,9-13,15H,1-2,7-8H2,(H,22,25). The topological polar surface area (TPSA) is 51.9 Å². The van der Waals surface area contributed by atoms with Crippen molar-refractivity contribution in [2.24, 2.45) is 0 Å². The van der Waals surface area contributed by atoms with Crippen molar-refractivity contribution in [2.45, 2.75) is 31.7 Å². The average molecular weight is 338 g/mol. The van der Waals surface area contributed by atoms with Crippen molar-refractivity contribution in [3.8, 4) is 11.5 Å². The molecule has 0 bridgehead atoms. The molecule has 0 aliphatic heterocycles. The normalized spacial score (nSPS) is 14.8. The molecule has 1 aliphatic carbocycles. The predicted octanol–water partition coefficient (Wildman–Crippen LogP) is 3.47. The summed E-state index contributed by atoms with van der Waals surface area (Å²) in [6.45, 7) is 0. The summed E-state index contributed by atoms with van der Waals surface area (Å²) >= 11 is 0. The molecule has 3 aromatic rings. The molecule has 2 aromatic heterocycles. The van der Waals surface area contributed by atoms with Gasteiger partial charge >= 0.3 is 0 Å². The molecule has 4 rings (SSSR count). The van der Waals surface area contributed by atoms with Crippen LogP contribution in [0.2, 0.25) is 0 Å². The molecule has 1 amide bonds. The number of halogens is 1. The van der Waals surface area contributed by atoms with E-state index >= 15 is 0 Å². The smallest absolute Gasteiger partial charge is 0.256 e. The zero-order valence-corrected chi connectivity index (χ0v) is 13.7. The second kappa shape index (κ2) is 6.55. The van der Waals surface area contributed by atoms with Gasteiger partial charge in [0.05, 0.1) is 11.9 Å².